The zero-order chi connectivity index (χ0) is 10.6. The molecule has 0 aromatic heterocycles. The number of benzene rings is 1. The van der Waals surface area contributed by atoms with Crippen LogP contribution in [-0.4, -0.2) is 13.2 Å². The van der Waals surface area contributed by atoms with E-state index < -0.39 is 0 Å². The van der Waals surface area contributed by atoms with Crippen molar-refractivity contribution >= 4 is 11.6 Å². The quantitative estimate of drug-likeness (QED) is 0.765. The van der Waals surface area contributed by atoms with Gasteiger partial charge in [-0.2, -0.15) is 0 Å². The zero-order valence-corrected chi connectivity index (χ0v) is 9.52. The molecule has 0 unspecified atom stereocenters. The summed E-state index contributed by atoms with van der Waals surface area (Å²) in [6.45, 7) is 7.10. The Bertz CT molecular complexity index is 283. The molecule has 0 fully saturated rings. The molecule has 0 heterocycles. The first kappa shape index (κ1) is 11.2. The van der Waals surface area contributed by atoms with Crippen LogP contribution in [0, 0.1) is 6.92 Å². The molecule has 1 aromatic rings. The summed E-state index contributed by atoms with van der Waals surface area (Å²) in [5.41, 5.74) is 1.03. The lowest BCUT2D eigenvalue weighted by Crippen LogP contribution is -1.97. The highest BCUT2D eigenvalue weighted by Crippen LogP contribution is 2.32. The van der Waals surface area contributed by atoms with Gasteiger partial charge in [0.25, 0.3) is 0 Å². The van der Waals surface area contributed by atoms with E-state index in [0.29, 0.717) is 24.0 Å². The number of hydrogen-bond donors (Lipinski definition) is 0. The highest BCUT2D eigenvalue weighted by Gasteiger charge is 2.06. The minimum atomic E-state index is 0.606. The summed E-state index contributed by atoms with van der Waals surface area (Å²) in [5.74, 6) is 1.52. The van der Waals surface area contributed by atoms with Gasteiger partial charge in [0.05, 0.1) is 18.2 Å². The van der Waals surface area contributed by atoms with Crippen LogP contribution >= 0.6 is 11.6 Å². The highest BCUT2D eigenvalue weighted by molar-refractivity contribution is 6.32. The van der Waals surface area contributed by atoms with Crippen LogP contribution < -0.4 is 9.47 Å². The van der Waals surface area contributed by atoms with Crippen LogP contribution in [0.25, 0.3) is 0 Å². The van der Waals surface area contributed by atoms with Crippen LogP contribution in [0.1, 0.15) is 19.4 Å². The van der Waals surface area contributed by atoms with E-state index in [-0.39, 0.29) is 0 Å². The molecule has 3 heteroatoms. The molecular formula is C11H15ClO2. The molecule has 2 nitrogen and oxygen atoms in total. The van der Waals surface area contributed by atoms with Crippen molar-refractivity contribution in [2.45, 2.75) is 20.8 Å². The van der Waals surface area contributed by atoms with Gasteiger partial charge in [0, 0.05) is 6.07 Å². The number of ether oxygens (including phenoxy) is 2. The van der Waals surface area contributed by atoms with E-state index in [4.69, 9.17) is 21.1 Å². The molecule has 0 aliphatic rings. The van der Waals surface area contributed by atoms with Gasteiger partial charge in [0.15, 0.2) is 0 Å². The number of halogens is 1. The molecule has 0 atom stereocenters. The summed E-state index contributed by atoms with van der Waals surface area (Å²) in [4.78, 5) is 0. The molecule has 0 N–H and O–H groups in total. The molecule has 0 aliphatic heterocycles. The van der Waals surface area contributed by atoms with E-state index >= 15 is 0 Å². The molecular weight excluding hydrogens is 200 g/mol. The van der Waals surface area contributed by atoms with Gasteiger partial charge in [0.2, 0.25) is 0 Å². The van der Waals surface area contributed by atoms with Gasteiger partial charge in [-0.1, -0.05) is 11.6 Å². The van der Waals surface area contributed by atoms with Gasteiger partial charge < -0.3 is 9.47 Å². The third-order valence-corrected chi connectivity index (χ3v) is 2.12. The molecule has 0 spiro atoms. The van der Waals surface area contributed by atoms with E-state index in [0.717, 1.165) is 11.3 Å². The van der Waals surface area contributed by atoms with Crippen molar-refractivity contribution in [2.75, 3.05) is 13.2 Å². The third-order valence-electron chi connectivity index (χ3n) is 1.83. The van der Waals surface area contributed by atoms with Gasteiger partial charge in [0.1, 0.15) is 11.5 Å². The molecule has 0 saturated carbocycles. The minimum Gasteiger partial charge on any atom is -0.493 e. The van der Waals surface area contributed by atoms with Crippen LogP contribution in [0.4, 0.5) is 0 Å². The lowest BCUT2D eigenvalue weighted by atomic mass is 10.2. The van der Waals surface area contributed by atoms with E-state index in [1.165, 1.54) is 0 Å². The normalized spacial score (nSPS) is 10.0. The Labute approximate surface area is 89.8 Å². The second-order valence-electron chi connectivity index (χ2n) is 2.91. The maximum atomic E-state index is 6.00. The maximum absolute atomic E-state index is 6.00. The summed E-state index contributed by atoms with van der Waals surface area (Å²) in [6, 6.07) is 3.70. The van der Waals surface area contributed by atoms with Gasteiger partial charge >= 0.3 is 0 Å². The molecule has 0 bridgehead atoms. The second-order valence-corrected chi connectivity index (χ2v) is 3.32. The molecule has 1 aromatic carbocycles. The Balaban J connectivity index is 3.00. The summed E-state index contributed by atoms with van der Waals surface area (Å²) in [5, 5.41) is 0.632. The van der Waals surface area contributed by atoms with Crippen molar-refractivity contribution in [3.8, 4) is 11.5 Å². The van der Waals surface area contributed by atoms with Crippen LogP contribution in [0.2, 0.25) is 5.02 Å². The SMILES string of the molecule is CCOc1cc(OCC)c(Cl)cc1C. The van der Waals surface area contributed by atoms with Gasteiger partial charge in [-0.3, -0.25) is 0 Å². The number of rotatable bonds is 4. The van der Waals surface area contributed by atoms with Crippen molar-refractivity contribution in [3.05, 3.63) is 22.7 Å². The Morgan fingerprint density at radius 1 is 1.07 bits per heavy atom. The van der Waals surface area contributed by atoms with Crippen molar-refractivity contribution in [1.82, 2.24) is 0 Å². The number of aryl methyl sites for hydroxylation is 1. The summed E-state index contributed by atoms with van der Waals surface area (Å²) < 4.78 is 10.8. The average Bonchev–Trinajstić information content (AvgIpc) is 2.14. The monoisotopic (exact) mass is 214 g/mol. The first-order chi connectivity index (χ1) is 6.69. The Morgan fingerprint density at radius 3 is 2.21 bits per heavy atom. The van der Waals surface area contributed by atoms with Crippen LogP contribution in [0.15, 0.2) is 12.1 Å². The van der Waals surface area contributed by atoms with Crippen molar-refractivity contribution in [1.29, 1.82) is 0 Å². The smallest absolute Gasteiger partial charge is 0.141 e. The lowest BCUT2D eigenvalue weighted by Gasteiger charge is -2.11. The highest BCUT2D eigenvalue weighted by atomic mass is 35.5. The first-order valence-electron chi connectivity index (χ1n) is 4.74. The second kappa shape index (κ2) is 5.11. The number of hydrogen-bond acceptors (Lipinski definition) is 2. The lowest BCUT2D eigenvalue weighted by molar-refractivity contribution is 0.322. The molecule has 14 heavy (non-hydrogen) atoms. The van der Waals surface area contributed by atoms with Gasteiger partial charge in [-0.15, -0.1) is 0 Å². The average molecular weight is 215 g/mol. The fourth-order valence-electron chi connectivity index (χ4n) is 1.21. The maximum Gasteiger partial charge on any atom is 0.141 e. The van der Waals surface area contributed by atoms with E-state index in [1.807, 2.05) is 32.9 Å². The molecule has 78 valence electrons. The summed E-state index contributed by atoms with van der Waals surface area (Å²) in [6.07, 6.45) is 0. The first-order valence-corrected chi connectivity index (χ1v) is 5.12. The van der Waals surface area contributed by atoms with E-state index in [1.54, 1.807) is 0 Å². The fourth-order valence-corrected chi connectivity index (χ4v) is 1.48. The summed E-state index contributed by atoms with van der Waals surface area (Å²) in [7, 11) is 0. The molecule has 0 saturated heterocycles. The van der Waals surface area contributed by atoms with Crippen molar-refractivity contribution in [3.63, 3.8) is 0 Å². The van der Waals surface area contributed by atoms with Crippen molar-refractivity contribution < 1.29 is 9.47 Å². The van der Waals surface area contributed by atoms with Crippen LogP contribution in [0.5, 0.6) is 11.5 Å². The third kappa shape index (κ3) is 2.55. The molecule has 0 amide bonds. The Kier molecular flexibility index (Phi) is 4.08. The van der Waals surface area contributed by atoms with Crippen molar-refractivity contribution in [2.24, 2.45) is 0 Å². The van der Waals surface area contributed by atoms with E-state index in [2.05, 4.69) is 0 Å². The van der Waals surface area contributed by atoms with Crippen LogP contribution in [0.3, 0.4) is 0 Å². The Hall–Kier alpha value is -0.890. The molecule has 1 rings (SSSR count). The predicted molar refractivity (Wildman–Crippen MR) is 58.5 cm³/mol. The van der Waals surface area contributed by atoms with E-state index in [9.17, 15) is 0 Å². The fraction of sp³-hybridized carbons (Fsp3) is 0.455. The largest absolute Gasteiger partial charge is 0.493 e. The molecule has 0 aliphatic carbocycles. The van der Waals surface area contributed by atoms with Gasteiger partial charge in [-0.05, 0) is 32.4 Å². The Morgan fingerprint density at radius 2 is 1.64 bits per heavy atom. The summed E-state index contributed by atoms with van der Waals surface area (Å²) >= 11 is 6.00. The standard InChI is InChI=1S/C11H15ClO2/c1-4-13-10-7-11(14-5-2)9(12)6-8(10)3/h6-7H,4-5H2,1-3H3. The molecule has 0 radical (unpaired) electrons. The minimum absolute atomic E-state index is 0.606. The van der Waals surface area contributed by atoms with Gasteiger partial charge in [-0.25, -0.2) is 0 Å². The topological polar surface area (TPSA) is 18.5 Å². The predicted octanol–water partition coefficient (Wildman–Crippen LogP) is 3.45. The zero-order valence-electron chi connectivity index (χ0n) is 8.76. The van der Waals surface area contributed by atoms with Crippen LogP contribution in [-0.2, 0) is 0 Å².